The van der Waals surface area contributed by atoms with E-state index in [0.29, 0.717) is 10.1 Å². The van der Waals surface area contributed by atoms with E-state index in [-0.39, 0.29) is 12.0 Å². The van der Waals surface area contributed by atoms with Crippen LogP contribution < -0.4 is 4.90 Å². The molecule has 0 unspecified atom stereocenters. The molecule has 120 valence electrons. The van der Waals surface area contributed by atoms with Crippen LogP contribution in [0.2, 0.25) is 0 Å². The fourth-order valence-corrected chi connectivity index (χ4v) is 5.09. The van der Waals surface area contributed by atoms with Crippen LogP contribution in [-0.2, 0) is 4.74 Å². The number of aromatic nitrogens is 1. The summed E-state index contributed by atoms with van der Waals surface area (Å²) in [7, 11) is 0. The van der Waals surface area contributed by atoms with Crippen molar-refractivity contribution in [3.63, 3.8) is 0 Å². The lowest BCUT2D eigenvalue weighted by molar-refractivity contribution is 0.0990. The average Bonchev–Trinajstić information content (AvgIpc) is 3.24. The molecular weight excluding hydrogens is 328 g/mol. The van der Waals surface area contributed by atoms with Gasteiger partial charge in [0.25, 0.3) is 5.91 Å². The molecule has 1 fully saturated rings. The third-order valence-electron chi connectivity index (χ3n) is 4.11. The normalized spacial score (nSPS) is 23.8. The highest BCUT2D eigenvalue weighted by Gasteiger charge is 2.29. The molecular formula is C17H18N2O2S2. The first kappa shape index (κ1) is 15.2. The molecule has 23 heavy (non-hydrogen) atoms. The number of hydrogen-bond acceptors (Lipinski definition) is 5. The number of anilines is 1. The highest BCUT2D eigenvalue weighted by Crippen LogP contribution is 2.39. The van der Waals surface area contributed by atoms with Gasteiger partial charge in [0, 0.05) is 23.3 Å². The number of carbonyl (C=O) groups is 1. The molecule has 2 aliphatic heterocycles. The molecule has 0 spiro atoms. The van der Waals surface area contributed by atoms with E-state index in [0.717, 1.165) is 36.7 Å². The summed E-state index contributed by atoms with van der Waals surface area (Å²) in [4.78, 5) is 21.2. The Morgan fingerprint density at radius 1 is 1.39 bits per heavy atom. The van der Waals surface area contributed by atoms with Gasteiger partial charge in [0.1, 0.15) is 16.0 Å². The maximum atomic E-state index is 13.0. The van der Waals surface area contributed by atoms with Gasteiger partial charge in [-0.25, -0.2) is 4.98 Å². The van der Waals surface area contributed by atoms with Crippen LogP contribution in [0.25, 0.3) is 0 Å². The van der Waals surface area contributed by atoms with Crippen molar-refractivity contribution in [2.45, 2.75) is 36.0 Å². The topological polar surface area (TPSA) is 42.4 Å². The number of fused-ring (bicyclic) bond motifs is 1. The van der Waals surface area contributed by atoms with Crippen molar-refractivity contribution in [2.24, 2.45) is 0 Å². The number of thiazole rings is 1. The molecule has 0 radical (unpaired) electrons. The summed E-state index contributed by atoms with van der Waals surface area (Å²) in [6.45, 7) is 3.68. The predicted molar refractivity (Wildman–Crippen MR) is 93.5 cm³/mol. The number of thioether (sulfide) groups is 1. The van der Waals surface area contributed by atoms with E-state index in [9.17, 15) is 4.79 Å². The van der Waals surface area contributed by atoms with Gasteiger partial charge in [-0.05, 0) is 25.0 Å². The summed E-state index contributed by atoms with van der Waals surface area (Å²) < 4.78 is 5.67. The number of hydrogen-bond donors (Lipinski definition) is 0. The summed E-state index contributed by atoms with van der Waals surface area (Å²) in [5.41, 5.74) is 1.01. The molecule has 2 aromatic rings. The van der Waals surface area contributed by atoms with Gasteiger partial charge >= 0.3 is 0 Å². The number of rotatable bonds is 2. The summed E-state index contributed by atoms with van der Waals surface area (Å²) in [5, 5.41) is 1.32. The maximum Gasteiger partial charge on any atom is 0.270 e. The zero-order valence-corrected chi connectivity index (χ0v) is 14.5. The van der Waals surface area contributed by atoms with Crippen LogP contribution in [0.4, 0.5) is 5.69 Å². The Bertz CT molecular complexity index is 725. The number of nitrogens with zero attached hydrogens (tertiary/aromatic N) is 2. The number of carbonyl (C=O) groups excluding carboxylic acids is 1. The van der Waals surface area contributed by atoms with Crippen LogP contribution in [0.15, 0.2) is 35.4 Å². The van der Waals surface area contributed by atoms with Gasteiger partial charge < -0.3 is 9.64 Å². The van der Waals surface area contributed by atoms with E-state index >= 15 is 0 Å². The first-order valence-corrected chi connectivity index (χ1v) is 9.57. The molecule has 3 heterocycles. The van der Waals surface area contributed by atoms with E-state index < -0.39 is 0 Å². The second kappa shape index (κ2) is 6.26. The molecule has 6 heteroatoms. The van der Waals surface area contributed by atoms with Crippen molar-refractivity contribution in [2.75, 3.05) is 18.1 Å². The third-order valence-corrected chi connectivity index (χ3v) is 6.34. The molecule has 4 nitrogen and oxygen atoms in total. The van der Waals surface area contributed by atoms with Crippen LogP contribution in [0.3, 0.4) is 0 Å². The highest BCUT2D eigenvalue weighted by molar-refractivity contribution is 8.00. The van der Waals surface area contributed by atoms with E-state index in [1.165, 1.54) is 16.2 Å². The van der Waals surface area contributed by atoms with Gasteiger partial charge in [-0.3, -0.25) is 4.79 Å². The van der Waals surface area contributed by atoms with Gasteiger partial charge in [0.2, 0.25) is 0 Å². The van der Waals surface area contributed by atoms with Gasteiger partial charge in [0.15, 0.2) is 0 Å². The second-order valence-electron chi connectivity index (χ2n) is 5.88. The lowest BCUT2D eigenvalue weighted by Crippen LogP contribution is -2.38. The Balaban J connectivity index is 1.62. The minimum atomic E-state index is 0.0475. The molecule has 1 aromatic carbocycles. The summed E-state index contributed by atoms with van der Waals surface area (Å²) >= 11 is 3.30. The van der Waals surface area contributed by atoms with E-state index in [4.69, 9.17) is 4.74 Å². The molecule has 0 aliphatic carbocycles. The molecule has 2 atom stereocenters. The molecule has 0 bridgehead atoms. The van der Waals surface area contributed by atoms with Gasteiger partial charge in [-0.15, -0.1) is 23.1 Å². The van der Waals surface area contributed by atoms with Crippen LogP contribution in [0, 0.1) is 0 Å². The number of benzene rings is 1. The minimum Gasteiger partial charge on any atom is -0.371 e. The quantitative estimate of drug-likeness (QED) is 0.820. The largest absolute Gasteiger partial charge is 0.371 e. The monoisotopic (exact) mass is 346 g/mol. The zero-order valence-electron chi connectivity index (χ0n) is 12.9. The molecule has 1 aromatic heterocycles. The number of amides is 1. The van der Waals surface area contributed by atoms with Crippen molar-refractivity contribution >= 4 is 34.7 Å². The Kier molecular flexibility index (Phi) is 4.13. The molecule has 1 saturated heterocycles. The third kappa shape index (κ3) is 2.91. The van der Waals surface area contributed by atoms with E-state index in [2.05, 4.69) is 18.0 Å². The lowest BCUT2D eigenvalue weighted by Gasteiger charge is -2.32. The van der Waals surface area contributed by atoms with E-state index in [1.807, 2.05) is 34.9 Å². The first-order valence-electron chi connectivity index (χ1n) is 7.87. The SMILES string of the molecule is C[C@@H]1CN(C(=O)c2cnc([C@H]3CCCO3)s2)c2ccccc2S1. The van der Waals surface area contributed by atoms with Crippen molar-refractivity contribution in [3.8, 4) is 0 Å². The van der Waals surface area contributed by atoms with Crippen molar-refractivity contribution in [1.82, 2.24) is 4.98 Å². The Morgan fingerprint density at radius 3 is 3.09 bits per heavy atom. The van der Waals surface area contributed by atoms with Crippen LogP contribution in [0.5, 0.6) is 0 Å². The zero-order chi connectivity index (χ0) is 15.8. The van der Waals surface area contributed by atoms with Crippen LogP contribution in [0.1, 0.15) is 40.5 Å². The smallest absolute Gasteiger partial charge is 0.270 e. The molecule has 0 saturated carbocycles. The lowest BCUT2D eigenvalue weighted by atomic mass is 10.2. The fourth-order valence-electron chi connectivity index (χ4n) is 3.02. The fraction of sp³-hybridized carbons (Fsp3) is 0.412. The van der Waals surface area contributed by atoms with Gasteiger partial charge in [-0.2, -0.15) is 0 Å². The minimum absolute atomic E-state index is 0.0475. The second-order valence-corrected chi connectivity index (χ2v) is 8.42. The average molecular weight is 346 g/mol. The van der Waals surface area contributed by atoms with Crippen molar-refractivity contribution < 1.29 is 9.53 Å². The number of ether oxygens (including phenoxy) is 1. The van der Waals surface area contributed by atoms with Crippen LogP contribution >= 0.6 is 23.1 Å². The van der Waals surface area contributed by atoms with Crippen LogP contribution in [-0.4, -0.2) is 29.3 Å². The number of para-hydroxylation sites is 1. The van der Waals surface area contributed by atoms with Gasteiger partial charge in [-0.1, -0.05) is 19.1 Å². The molecule has 1 amide bonds. The highest BCUT2D eigenvalue weighted by atomic mass is 32.2. The first-order chi connectivity index (χ1) is 11.2. The van der Waals surface area contributed by atoms with Crippen molar-refractivity contribution in [3.05, 3.63) is 40.3 Å². The maximum absolute atomic E-state index is 13.0. The predicted octanol–water partition coefficient (Wildman–Crippen LogP) is 4.14. The van der Waals surface area contributed by atoms with Crippen molar-refractivity contribution in [1.29, 1.82) is 0 Å². The molecule has 4 rings (SSSR count). The summed E-state index contributed by atoms with van der Waals surface area (Å²) in [5.74, 6) is 0.0475. The standard InChI is InChI=1S/C17H18N2O2S2/c1-11-10-19(12-5-2-3-7-14(12)22-11)17(20)15-9-18-16(23-15)13-6-4-8-21-13/h2-3,5,7,9,11,13H,4,6,8,10H2,1H3/t11-,13-/m1/s1. The summed E-state index contributed by atoms with van der Waals surface area (Å²) in [6.07, 6.45) is 3.85. The van der Waals surface area contributed by atoms with Gasteiger partial charge in [0.05, 0.1) is 11.9 Å². The molecule has 2 aliphatic rings. The Morgan fingerprint density at radius 2 is 2.26 bits per heavy atom. The Labute approximate surface area is 143 Å². The summed E-state index contributed by atoms with van der Waals surface area (Å²) in [6, 6.07) is 8.11. The molecule has 0 N–H and O–H groups in total. The Hall–Kier alpha value is -1.37. The van der Waals surface area contributed by atoms with E-state index in [1.54, 1.807) is 6.20 Å².